The van der Waals surface area contributed by atoms with E-state index in [2.05, 4.69) is 50.2 Å². The van der Waals surface area contributed by atoms with E-state index in [0.717, 1.165) is 61.5 Å². The first-order chi connectivity index (χ1) is 19.0. The summed E-state index contributed by atoms with van der Waals surface area (Å²) in [5.74, 6) is 2.72. The number of nitrogens with zero attached hydrogens (tertiary/aromatic N) is 5. The molecule has 5 rings (SSSR count). The van der Waals surface area contributed by atoms with E-state index in [1.54, 1.807) is 7.11 Å². The number of hydrogen-bond acceptors (Lipinski definition) is 7. The smallest absolute Gasteiger partial charge is 0.260 e. The van der Waals surface area contributed by atoms with Gasteiger partial charge in [0.05, 0.1) is 12.7 Å². The summed E-state index contributed by atoms with van der Waals surface area (Å²) in [4.78, 5) is 31.9. The molecule has 8 nitrogen and oxygen atoms in total. The Hall–Kier alpha value is -3.68. The topological polar surface area (TPSA) is 83.5 Å². The van der Waals surface area contributed by atoms with Crippen molar-refractivity contribution >= 4 is 23.5 Å². The number of piperidine rings is 1. The van der Waals surface area contributed by atoms with Crippen LogP contribution in [0.3, 0.4) is 0 Å². The minimum absolute atomic E-state index is 0.190. The van der Waals surface area contributed by atoms with E-state index in [0.29, 0.717) is 29.8 Å². The Morgan fingerprint density at radius 1 is 0.949 bits per heavy atom. The van der Waals surface area contributed by atoms with Gasteiger partial charge in [-0.15, -0.1) is 0 Å². The maximum absolute atomic E-state index is 13.5. The van der Waals surface area contributed by atoms with Crippen molar-refractivity contribution in [3.05, 3.63) is 65.0 Å². The summed E-state index contributed by atoms with van der Waals surface area (Å²) in [6.07, 6.45) is 5.77. The molecule has 0 radical (unpaired) electrons. The lowest BCUT2D eigenvalue weighted by atomic mass is 9.91. The Bertz CT molecular complexity index is 1250. The fourth-order valence-corrected chi connectivity index (χ4v) is 5.39. The van der Waals surface area contributed by atoms with E-state index in [-0.39, 0.29) is 11.9 Å². The Labute approximate surface area is 232 Å². The lowest BCUT2D eigenvalue weighted by Crippen LogP contribution is -2.36. The van der Waals surface area contributed by atoms with Gasteiger partial charge in [-0.2, -0.15) is 15.0 Å². The molecule has 1 aromatic heterocycles. The van der Waals surface area contributed by atoms with E-state index < -0.39 is 0 Å². The molecule has 1 fully saturated rings. The van der Waals surface area contributed by atoms with Crippen LogP contribution in [-0.2, 0) is 6.54 Å². The standard InChI is InChI=1S/C29H36N6O2.C2H6/c1-20-9-14-25-26(17-20)34-16-6-8-22(18-34)7-4-5-15-35(19-23-10-12-24(37-3)13-11-23)29-31-21(2)30-28(33-29)32-27(25)36;1-2/h9-14,17,22H,4-8,15-16,18-19H2,1-3H3,(H,30,31,32,33,36);1-2H3. The number of anilines is 3. The highest BCUT2D eigenvalue weighted by atomic mass is 16.5. The maximum Gasteiger partial charge on any atom is 0.260 e. The molecule has 39 heavy (non-hydrogen) atoms. The van der Waals surface area contributed by atoms with Gasteiger partial charge >= 0.3 is 0 Å². The molecule has 8 heteroatoms. The second-order valence-corrected chi connectivity index (χ2v) is 10.2. The Balaban J connectivity index is 0.00000172. The average molecular weight is 531 g/mol. The fraction of sp³-hybridized carbons (Fsp3) is 0.484. The van der Waals surface area contributed by atoms with Crippen LogP contribution in [0.25, 0.3) is 0 Å². The Morgan fingerprint density at radius 3 is 2.49 bits per heavy atom. The number of hydrogen-bond donors (Lipinski definition) is 1. The van der Waals surface area contributed by atoms with Crippen LogP contribution in [-0.4, -0.2) is 47.6 Å². The summed E-state index contributed by atoms with van der Waals surface area (Å²) in [7, 11) is 1.67. The molecule has 2 aromatic carbocycles. The van der Waals surface area contributed by atoms with Crippen LogP contribution < -0.4 is 19.9 Å². The molecule has 1 amide bonds. The highest BCUT2D eigenvalue weighted by molar-refractivity contribution is 6.07. The molecule has 1 atom stereocenters. The van der Waals surface area contributed by atoms with Gasteiger partial charge < -0.3 is 14.5 Å². The number of rotatable bonds is 3. The van der Waals surface area contributed by atoms with Gasteiger partial charge in [0.2, 0.25) is 11.9 Å². The molecule has 3 heterocycles. The number of aryl methyl sites for hydroxylation is 2. The first-order valence-corrected chi connectivity index (χ1v) is 14.3. The molecule has 0 spiro atoms. The van der Waals surface area contributed by atoms with Crippen LogP contribution in [0.4, 0.5) is 17.6 Å². The summed E-state index contributed by atoms with van der Waals surface area (Å²) in [5, 5.41) is 2.97. The van der Waals surface area contributed by atoms with Crippen molar-refractivity contribution in [2.45, 2.75) is 66.3 Å². The molecule has 0 aliphatic carbocycles. The molecular weight excluding hydrogens is 488 g/mol. The van der Waals surface area contributed by atoms with Gasteiger partial charge in [-0.25, -0.2) is 0 Å². The van der Waals surface area contributed by atoms with Crippen molar-refractivity contribution in [2.75, 3.05) is 41.9 Å². The molecular formula is C31H42N6O2. The summed E-state index contributed by atoms with van der Waals surface area (Å²) < 4.78 is 5.32. The van der Waals surface area contributed by atoms with Gasteiger partial charge in [-0.05, 0) is 80.8 Å². The fourth-order valence-electron chi connectivity index (χ4n) is 5.39. The zero-order valence-corrected chi connectivity index (χ0v) is 24.0. The number of aromatic nitrogens is 3. The number of amides is 1. The molecule has 1 unspecified atom stereocenters. The normalized spacial score (nSPS) is 17.6. The van der Waals surface area contributed by atoms with Crippen LogP contribution in [0.2, 0.25) is 0 Å². The van der Waals surface area contributed by atoms with Gasteiger partial charge in [0, 0.05) is 31.9 Å². The van der Waals surface area contributed by atoms with Crippen LogP contribution >= 0.6 is 0 Å². The van der Waals surface area contributed by atoms with Crippen molar-refractivity contribution < 1.29 is 9.53 Å². The third kappa shape index (κ3) is 7.25. The van der Waals surface area contributed by atoms with Gasteiger partial charge in [-0.1, -0.05) is 38.5 Å². The van der Waals surface area contributed by atoms with Crippen LogP contribution in [0, 0.1) is 19.8 Å². The predicted molar refractivity (Wildman–Crippen MR) is 158 cm³/mol. The average Bonchev–Trinajstić information content (AvgIpc) is 2.95. The third-order valence-corrected chi connectivity index (χ3v) is 7.32. The molecule has 1 N–H and O–H groups in total. The molecule has 4 bridgehead atoms. The number of benzene rings is 2. The minimum atomic E-state index is -0.190. The second kappa shape index (κ2) is 13.4. The van der Waals surface area contributed by atoms with Gasteiger partial charge in [0.15, 0.2) is 0 Å². The second-order valence-electron chi connectivity index (χ2n) is 10.2. The van der Waals surface area contributed by atoms with Gasteiger partial charge in [0.25, 0.3) is 5.91 Å². The van der Waals surface area contributed by atoms with Crippen molar-refractivity contribution in [1.29, 1.82) is 0 Å². The zero-order valence-electron chi connectivity index (χ0n) is 24.0. The first-order valence-electron chi connectivity index (χ1n) is 14.3. The Morgan fingerprint density at radius 2 is 1.72 bits per heavy atom. The van der Waals surface area contributed by atoms with Crippen LogP contribution in [0.1, 0.15) is 73.3 Å². The number of carbonyl (C=O) groups excluding carboxylic acids is 1. The van der Waals surface area contributed by atoms with Crippen molar-refractivity contribution in [3.63, 3.8) is 0 Å². The van der Waals surface area contributed by atoms with Gasteiger partial charge in [0.1, 0.15) is 11.6 Å². The number of fused-ring (bicyclic) bond motifs is 6. The SMILES string of the molecule is CC.COc1ccc(CN2CCCCC3CCCN(C3)c3cc(C)ccc3C(=O)Nc3nc(C)nc2n3)cc1. The highest BCUT2D eigenvalue weighted by Gasteiger charge is 2.25. The minimum Gasteiger partial charge on any atom is -0.497 e. The number of methoxy groups -OCH3 is 1. The van der Waals surface area contributed by atoms with Crippen molar-refractivity contribution in [3.8, 4) is 5.75 Å². The molecule has 3 aromatic rings. The maximum atomic E-state index is 13.5. The third-order valence-electron chi connectivity index (χ3n) is 7.32. The van der Waals surface area contributed by atoms with Crippen molar-refractivity contribution in [1.82, 2.24) is 15.0 Å². The summed E-state index contributed by atoms with van der Waals surface area (Å²) >= 11 is 0. The number of carbonyl (C=O) groups is 1. The van der Waals surface area contributed by atoms with E-state index >= 15 is 0 Å². The summed E-state index contributed by atoms with van der Waals surface area (Å²) in [6, 6.07) is 14.1. The first kappa shape index (κ1) is 28.3. The van der Waals surface area contributed by atoms with Crippen molar-refractivity contribution in [2.24, 2.45) is 5.92 Å². The number of ether oxygens (including phenoxy) is 1. The molecule has 208 valence electrons. The lowest BCUT2D eigenvalue weighted by molar-refractivity contribution is 0.102. The summed E-state index contributed by atoms with van der Waals surface area (Å²) in [5.41, 5.74) is 3.97. The quantitative estimate of drug-likeness (QED) is 0.433. The molecule has 2 aliphatic rings. The highest BCUT2D eigenvalue weighted by Crippen LogP contribution is 2.30. The summed E-state index contributed by atoms with van der Waals surface area (Å²) in [6.45, 7) is 11.4. The largest absolute Gasteiger partial charge is 0.497 e. The molecule has 2 aliphatic heterocycles. The predicted octanol–water partition coefficient (Wildman–Crippen LogP) is 6.18. The van der Waals surface area contributed by atoms with Crippen LogP contribution in [0.5, 0.6) is 5.75 Å². The zero-order chi connectivity index (χ0) is 27.8. The molecule has 0 saturated carbocycles. The lowest BCUT2D eigenvalue weighted by Gasteiger charge is -2.35. The van der Waals surface area contributed by atoms with E-state index in [1.165, 1.54) is 12.8 Å². The van der Waals surface area contributed by atoms with Crippen LogP contribution in [0.15, 0.2) is 42.5 Å². The number of nitrogens with one attached hydrogen (secondary N) is 1. The van der Waals surface area contributed by atoms with Gasteiger partial charge in [-0.3, -0.25) is 10.1 Å². The Kier molecular flexibility index (Phi) is 9.74. The van der Waals surface area contributed by atoms with E-state index in [1.807, 2.05) is 45.0 Å². The van der Waals surface area contributed by atoms with E-state index in [9.17, 15) is 4.79 Å². The molecule has 1 saturated heterocycles. The van der Waals surface area contributed by atoms with E-state index in [4.69, 9.17) is 9.72 Å². The monoisotopic (exact) mass is 530 g/mol.